The molecule has 0 radical (unpaired) electrons. The second-order valence-corrected chi connectivity index (χ2v) is 6.98. The van der Waals surface area contributed by atoms with Crippen LogP contribution in [0.25, 0.3) is 0 Å². The molecule has 0 fully saturated rings. The lowest BCUT2D eigenvalue weighted by atomic mass is 9.90. The standard InChI is InChI=1S/C17H24ClNS/c1-5-8-15-13(4)20-16-10-7-9-12(3)14(11-18)17(16)19(15)6-2/h5,7-8,10,12,14H,6,9,11H2,1-4H3/b8-5-/t12-,14?/m1/s1. The third-order valence-corrected chi connectivity index (χ3v) is 5.49. The maximum atomic E-state index is 6.32. The van der Waals surface area contributed by atoms with Crippen molar-refractivity contribution >= 4 is 23.4 Å². The minimum atomic E-state index is 0.433. The van der Waals surface area contributed by atoms with Crippen molar-refractivity contribution in [3.8, 4) is 0 Å². The number of allylic oxidation sites excluding steroid dienone is 6. The van der Waals surface area contributed by atoms with Gasteiger partial charge in [-0.15, -0.1) is 11.6 Å². The highest BCUT2D eigenvalue weighted by Crippen LogP contribution is 2.45. The lowest BCUT2D eigenvalue weighted by molar-refractivity contribution is 0.339. The molecule has 1 unspecified atom stereocenters. The summed E-state index contributed by atoms with van der Waals surface area (Å²) < 4.78 is 0. The molecule has 110 valence electrons. The second kappa shape index (κ2) is 6.91. The Hall–Kier alpha value is -0.600. The SMILES string of the molecule is C/C=C\C1=C(C)SC2=C(C(CCl)[C@H](C)CC=C2)N1CC. The summed E-state index contributed by atoms with van der Waals surface area (Å²) in [6, 6.07) is 0. The van der Waals surface area contributed by atoms with Gasteiger partial charge in [-0.05, 0) is 39.2 Å². The summed E-state index contributed by atoms with van der Waals surface area (Å²) in [6.45, 7) is 9.82. The number of likely N-dealkylation sites (N-methyl/N-ethyl adjacent to an activating group) is 1. The van der Waals surface area contributed by atoms with E-state index in [9.17, 15) is 0 Å². The molecule has 20 heavy (non-hydrogen) atoms. The van der Waals surface area contributed by atoms with Crippen LogP contribution in [0, 0.1) is 11.8 Å². The Bertz CT molecular complexity index is 487. The molecule has 0 bridgehead atoms. The molecule has 0 N–H and O–H groups in total. The first-order valence-electron chi connectivity index (χ1n) is 7.39. The van der Waals surface area contributed by atoms with Crippen molar-refractivity contribution in [1.82, 2.24) is 4.90 Å². The lowest BCUT2D eigenvalue weighted by Gasteiger charge is -2.38. The van der Waals surface area contributed by atoms with Crippen molar-refractivity contribution in [3.63, 3.8) is 0 Å². The van der Waals surface area contributed by atoms with E-state index in [1.165, 1.54) is 21.2 Å². The highest BCUT2D eigenvalue weighted by Gasteiger charge is 2.32. The molecule has 2 atom stereocenters. The summed E-state index contributed by atoms with van der Waals surface area (Å²) in [5, 5.41) is 0. The summed E-state index contributed by atoms with van der Waals surface area (Å²) in [5.41, 5.74) is 2.75. The van der Waals surface area contributed by atoms with Gasteiger partial charge in [0.2, 0.25) is 0 Å². The Labute approximate surface area is 132 Å². The van der Waals surface area contributed by atoms with Crippen LogP contribution in [0.15, 0.2) is 45.5 Å². The van der Waals surface area contributed by atoms with Crippen molar-refractivity contribution in [2.75, 3.05) is 12.4 Å². The number of hydrogen-bond acceptors (Lipinski definition) is 2. The van der Waals surface area contributed by atoms with E-state index in [2.05, 4.69) is 56.9 Å². The summed E-state index contributed by atoms with van der Waals surface area (Å²) in [7, 11) is 0. The molecule has 0 aromatic carbocycles. The van der Waals surface area contributed by atoms with Crippen LogP contribution in [0.1, 0.15) is 34.1 Å². The Morgan fingerprint density at radius 3 is 2.85 bits per heavy atom. The number of alkyl halides is 1. The second-order valence-electron chi connectivity index (χ2n) is 5.41. The molecule has 1 aliphatic carbocycles. The quantitative estimate of drug-likeness (QED) is 0.631. The van der Waals surface area contributed by atoms with Crippen LogP contribution in [0.2, 0.25) is 0 Å². The predicted molar refractivity (Wildman–Crippen MR) is 91.6 cm³/mol. The fourth-order valence-corrected chi connectivity index (χ4v) is 4.57. The molecule has 0 aromatic rings. The van der Waals surface area contributed by atoms with E-state index in [1.54, 1.807) is 0 Å². The summed E-state index contributed by atoms with van der Waals surface area (Å²) in [5.74, 6) is 1.72. The third-order valence-electron chi connectivity index (χ3n) is 4.08. The van der Waals surface area contributed by atoms with E-state index in [0.717, 1.165) is 13.0 Å². The van der Waals surface area contributed by atoms with E-state index < -0.39 is 0 Å². The van der Waals surface area contributed by atoms with Gasteiger partial charge < -0.3 is 4.90 Å². The van der Waals surface area contributed by atoms with Gasteiger partial charge in [-0.3, -0.25) is 0 Å². The van der Waals surface area contributed by atoms with Gasteiger partial charge in [-0.25, -0.2) is 0 Å². The van der Waals surface area contributed by atoms with Gasteiger partial charge in [0.05, 0.1) is 5.70 Å². The molecule has 2 rings (SSSR count). The molecule has 1 nitrogen and oxygen atoms in total. The van der Waals surface area contributed by atoms with Crippen LogP contribution >= 0.6 is 23.4 Å². The normalized spacial score (nSPS) is 27.4. The molecular formula is C17H24ClNS. The molecule has 2 aliphatic rings. The van der Waals surface area contributed by atoms with E-state index >= 15 is 0 Å². The molecule has 1 heterocycles. The fraction of sp³-hybridized carbons (Fsp3) is 0.529. The topological polar surface area (TPSA) is 3.24 Å². The average molecular weight is 310 g/mol. The third kappa shape index (κ3) is 2.87. The number of thioether (sulfide) groups is 1. The predicted octanol–water partition coefficient (Wildman–Crippen LogP) is 5.53. The van der Waals surface area contributed by atoms with Gasteiger partial charge in [0.25, 0.3) is 0 Å². The van der Waals surface area contributed by atoms with E-state index in [4.69, 9.17) is 11.6 Å². The minimum absolute atomic E-state index is 0.433. The molecule has 1 aliphatic heterocycles. The van der Waals surface area contributed by atoms with Gasteiger partial charge in [0.15, 0.2) is 0 Å². The molecule has 0 aromatic heterocycles. The first kappa shape index (κ1) is 15.8. The number of nitrogens with zero attached hydrogens (tertiary/aromatic N) is 1. The van der Waals surface area contributed by atoms with Gasteiger partial charge in [-0.2, -0.15) is 0 Å². The number of halogens is 1. The maximum Gasteiger partial charge on any atom is 0.0502 e. The fourth-order valence-electron chi connectivity index (χ4n) is 2.98. The van der Waals surface area contributed by atoms with Crippen LogP contribution in [-0.4, -0.2) is 17.3 Å². The highest BCUT2D eigenvalue weighted by atomic mass is 35.5. The minimum Gasteiger partial charge on any atom is -0.343 e. The smallest absolute Gasteiger partial charge is 0.0502 e. The van der Waals surface area contributed by atoms with E-state index in [-0.39, 0.29) is 0 Å². The van der Waals surface area contributed by atoms with Crippen molar-refractivity contribution in [2.24, 2.45) is 11.8 Å². The molecule has 0 saturated carbocycles. The Morgan fingerprint density at radius 1 is 1.50 bits per heavy atom. The summed E-state index contributed by atoms with van der Waals surface area (Å²) >= 11 is 8.21. The first-order valence-corrected chi connectivity index (χ1v) is 8.74. The molecule has 0 spiro atoms. The Balaban J connectivity index is 2.50. The van der Waals surface area contributed by atoms with Crippen LogP contribution in [0.3, 0.4) is 0 Å². The van der Waals surface area contributed by atoms with Crippen LogP contribution in [0.5, 0.6) is 0 Å². The van der Waals surface area contributed by atoms with Crippen molar-refractivity contribution < 1.29 is 0 Å². The van der Waals surface area contributed by atoms with E-state index in [1.807, 2.05) is 11.8 Å². The average Bonchev–Trinajstić information content (AvgIpc) is 2.58. The van der Waals surface area contributed by atoms with Crippen LogP contribution in [-0.2, 0) is 0 Å². The zero-order valence-electron chi connectivity index (χ0n) is 12.8. The van der Waals surface area contributed by atoms with Gasteiger partial charge in [-0.1, -0.05) is 36.9 Å². The molecule has 0 saturated heterocycles. The largest absolute Gasteiger partial charge is 0.343 e. The van der Waals surface area contributed by atoms with Crippen molar-refractivity contribution in [1.29, 1.82) is 0 Å². The summed E-state index contributed by atoms with van der Waals surface area (Å²) in [6.07, 6.45) is 10.1. The highest BCUT2D eigenvalue weighted by molar-refractivity contribution is 8.07. The number of hydrogen-bond donors (Lipinski definition) is 0. The Morgan fingerprint density at radius 2 is 2.25 bits per heavy atom. The van der Waals surface area contributed by atoms with Crippen LogP contribution < -0.4 is 0 Å². The number of rotatable bonds is 3. The van der Waals surface area contributed by atoms with Crippen molar-refractivity contribution in [2.45, 2.75) is 34.1 Å². The van der Waals surface area contributed by atoms with Gasteiger partial charge >= 0.3 is 0 Å². The lowest BCUT2D eigenvalue weighted by Crippen LogP contribution is -2.32. The first-order chi connectivity index (χ1) is 9.63. The molecule has 3 heteroatoms. The van der Waals surface area contributed by atoms with E-state index in [0.29, 0.717) is 17.7 Å². The Kier molecular flexibility index (Phi) is 5.45. The van der Waals surface area contributed by atoms with Crippen LogP contribution in [0.4, 0.5) is 0 Å². The zero-order valence-corrected chi connectivity index (χ0v) is 14.4. The monoisotopic (exact) mass is 309 g/mol. The van der Waals surface area contributed by atoms with Gasteiger partial charge in [0, 0.05) is 33.8 Å². The maximum absolute atomic E-state index is 6.32. The summed E-state index contributed by atoms with van der Waals surface area (Å²) in [4.78, 5) is 5.21. The molecule has 0 amide bonds. The van der Waals surface area contributed by atoms with Gasteiger partial charge in [0.1, 0.15) is 0 Å². The molecular weight excluding hydrogens is 286 g/mol. The van der Waals surface area contributed by atoms with Crippen molar-refractivity contribution in [3.05, 3.63) is 45.5 Å². The zero-order chi connectivity index (χ0) is 14.7.